The number of benzene rings is 1. The molecule has 1 aliphatic rings. The van der Waals surface area contributed by atoms with E-state index in [1.807, 2.05) is 18.2 Å². The van der Waals surface area contributed by atoms with Crippen molar-refractivity contribution >= 4 is 11.9 Å². The molecule has 1 amide bonds. The minimum absolute atomic E-state index is 0.00976. The standard InChI is InChI=1S/C18H25NO4/c1-12(15(20)19-18(16(21)22)9-6-10-18)23-14-8-5-7-13(11-14)17(2,3)4/h5,7-8,11-12H,6,9-10H2,1-4H3,(H,19,20)(H,21,22). The molecular formula is C18H25NO4. The summed E-state index contributed by atoms with van der Waals surface area (Å²) in [5, 5.41) is 11.9. The van der Waals surface area contributed by atoms with Crippen LogP contribution in [0, 0.1) is 0 Å². The maximum absolute atomic E-state index is 12.2. The Morgan fingerprint density at radius 2 is 1.96 bits per heavy atom. The summed E-state index contributed by atoms with van der Waals surface area (Å²) in [5.74, 6) is -0.759. The number of aliphatic carboxylic acids is 1. The van der Waals surface area contributed by atoms with E-state index in [1.54, 1.807) is 13.0 Å². The van der Waals surface area contributed by atoms with Crippen LogP contribution in [0.25, 0.3) is 0 Å². The fraction of sp³-hybridized carbons (Fsp3) is 0.556. The van der Waals surface area contributed by atoms with Crippen LogP contribution in [0.1, 0.15) is 52.5 Å². The van der Waals surface area contributed by atoms with E-state index in [0.717, 1.165) is 12.0 Å². The largest absolute Gasteiger partial charge is 0.481 e. The van der Waals surface area contributed by atoms with Gasteiger partial charge in [0, 0.05) is 0 Å². The topological polar surface area (TPSA) is 75.6 Å². The summed E-state index contributed by atoms with van der Waals surface area (Å²) in [7, 11) is 0. The molecule has 2 N–H and O–H groups in total. The second-order valence-electron chi connectivity index (χ2n) is 7.27. The molecule has 1 fully saturated rings. The summed E-state index contributed by atoms with van der Waals surface area (Å²) >= 11 is 0. The molecule has 0 heterocycles. The summed E-state index contributed by atoms with van der Waals surface area (Å²) in [6, 6.07) is 7.63. The second-order valence-corrected chi connectivity index (χ2v) is 7.27. The quantitative estimate of drug-likeness (QED) is 0.875. The lowest BCUT2D eigenvalue weighted by atomic mass is 9.76. The number of carboxylic acid groups (broad SMARTS) is 1. The van der Waals surface area contributed by atoms with E-state index < -0.39 is 23.5 Å². The zero-order valence-corrected chi connectivity index (χ0v) is 14.2. The third kappa shape index (κ3) is 3.84. The molecule has 0 aliphatic heterocycles. The Morgan fingerprint density at radius 1 is 1.30 bits per heavy atom. The molecule has 0 aromatic heterocycles. The Bertz CT molecular complexity index is 599. The average Bonchev–Trinajstić information content (AvgIpc) is 2.41. The molecule has 0 radical (unpaired) electrons. The van der Waals surface area contributed by atoms with Gasteiger partial charge in [-0.3, -0.25) is 4.79 Å². The van der Waals surface area contributed by atoms with Gasteiger partial charge >= 0.3 is 5.97 Å². The third-order valence-electron chi connectivity index (χ3n) is 4.36. The molecule has 0 saturated heterocycles. The Labute approximate surface area is 137 Å². The lowest BCUT2D eigenvalue weighted by molar-refractivity contribution is -0.152. The molecule has 23 heavy (non-hydrogen) atoms. The molecule has 1 atom stereocenters. The molecule has 1 saturated carbocycles. The molecule has 2 rings (SSSR count). The smallest absolute Gasteiger partial charge is 0.329 e. The van der Waals surface area contributed by atoms with Gasteiger partial charge in [0.15, 0.2) is 6.10 Å². The van der Waals surface area contributed by atoms with E-state index >= 15 is 0 Å². The number of ether oxygens (including phenoxy) is 1. The first kappa shape index (κ1) is 17.3. The molecule has 5 heteroatoms. The first-order valence-electron chi connectivity index (χ1n) is 7.97. The highest BCUT2D eigenvalue weighted by Crippen LogP contribution is 2.32. The van der Waals surface area contributed by atoms with E-state index in [9.17, 15) is 14.7 Å². The summed E-state index contributed by atoms with van der Waals surface area (Å²) < 4.78 is 5.70. The van der Waals surface area contributed by atoms with Gasteiger partial charge in [-0.25, -0.2) is 4.79 Å². The SMILES string of the molecule is CC(Oc1cccc(C(C)(C)C)c1)C(=O)NC1(C(=O)O)CCC1. The number of carboxylic acids is 1. The van der Waals surface area contributed by atoms with Crippen LogP contribution in [0.15, 0.2) is 24.3 Å². The van der Waals surface area contributed by atoms with Crippen molar-refractivity contribution in [2.45, 2.75) is 64.0 Å². The van der Waals surface area contributed by atoms with Gasteiger partial charge in [0.2, 0.25) is 0 Å². The van der Waals surface area contributed by atoms with Crippen LogP contribution in [0.5, 0.6) is 5.75 Å². The van der Waals surface area contributed by atoms with E-state index in [1.165, 1.54) is 0 Å². The Morgan fingerprint density at radius 3 is 2.43 bits per heavy atom. The predicted octanol–water partition coefficient (Wildman–Crippen LogP) is 2.87. The summed E-state index contributed by atoms with van der Waals surface area (Å²) in [4.78, 5) is 23.6. The fourth-order valence-electron chi connectivity index (χ4n) is 2.55. The van der Waals surface area contributed by atoms with Crippen LogP contribution in [0.2, 0.25) is 0 Å². The summed E-state index contributed by atoms with van der Waals surface area (Å²) in [6.07, 6.45) is 1.01. The highest BCUT2D eigenvalue weighted by molar-refractivity contribution is 5.89. The predicted molar refractivity (Wildman–Crippen MR) is 87.6 cm³/mol. The molecular weight excluding hydrogens is 294 g/mol. The van der Waals surface area contributed by atoms with Crippen molar-refractivity contribution in [1.29, 1.82) is 0 Å². The minimum Gasteiger partial charge on any atom is -0.481 e. The Hall–Kier alpha value is -2.04. The maximum Gasteiger partial charge on any atom is 0.329 e. The van der Waals surface area contributed by atoms with E-state index in [4.69, 9.17) is 4.74 Å². The van der Waals surface area contributed by atoms with E-state index in [2.05, 4.69) is 26.1 Å². The number of rotatable bonds is 5. The minimum atomic E-state index is -1.11. The molecule has 5 nitrogen and oxygen atoms in total. The number of carbonyl (C=O) groups is 2. The number of amides is 1. The summed E-state index contributed by atoms with van der Waals surface area (Å²) in [6.45, 7) is 7.95. The molecule has 1 aliphatic carbocycles. The van der Waals surface area contributed by atoms with Crippen LogP contribution in [0.3, 0.4) is 0 Å². The van der Waals surface area contributed by atoms with Crippen molar-refractivity contribution in [3.05, 3.63) is 29.8 Å². The van der Waals surface area contributed by atoms with Crippen molar-refractivity contribution in [2.24, 2.45) is 0 Å². The van der Waals surface area contributed by atoms with Crippen molar-refractivity contribution in [3.63, 3.8) is 0 Å². The number of hydrogen-bond acceptors (Lipinski definition) is 3. The molecule has 0 spiro atoms. The van der Waals surface area contributed by atoms with Crippen LogP contribution in [-0.4, -0.2) is 28.6 Å². The van der Waals surface area contributed by atoms with Gasteiger partial charge in [0.1, 0.15) is 11.3 Å². The summed E-state index contributed by atoms with van der Waals surface area (Å²) in [5.41, 5.74) is -0.00447. The monoisotopic (exact) mass is 319 g/mol. The second kappa shape index (κ2) is 6.22. The normalized spacial score (nSPS) is 17.7. The van der Waals surface area contributed by atoms with Gasteiger partial charge in [-0.15, -0.1) is 0 Å². The molecule has 0 bridgehead atoms. The first-order valence-corrected chi connectivity index (χ1v) is 7.97. The highest BCUT2D eigenvalue weighted by atomic mass is 16.5. The lowest BCUT2D eigenvalue weighted by Gasteiger charge is -2.38. The lowest BCUT2D eigenvalue weighted by Crippen LogP contribution is -2.61. The van der Waals surface area contributed by atoms with Crippen molar-refractivity contribution in [2.75, 3.05) is 0 Å². The van der Waals surface area contributed by atoms with Crippen LogP contribution < -0.4 is 10.1 Å². The fourth-order valence-corrected chi connectivity index (χ4v) is 2.55. The molecule has 1 aromatic carbocycles. The molecule has 1 aromatic rings. The zero-order chi connectivity index (χ0) is 17.3. The van der Waals surface area contributed by atoms with Gasteiger partial charge in [0.05, 0.1) is 0 Å². The van der Waals surface area contributed by atoms with Crippen molar-refractivity contribution in [1.82, 2.24) is 5.32 Å². The van der Waals surface area contributed by atoms with Gasteiger partial charge in [0.25, 0.3) is 5.91 Å². The number of carbonyl (C=O) groups excluding carboxylic acids is 1. The van der Waals surface area contributed by atoms with Crippen molar-refractivity contribution < 1.29 is 19.4 Å². The van der Waals surface area contributed by atoms with Crippen LogP contribution in [-0.2, 0) is 15.0 Å². The molecule has 1 unspecified atom stereocenters. The van der Waals surface area contributed by atoms with Gasteiger partial charge in [-0.05, 0) is 49.3 Å². The Kier molecular flexibility index (Phi) is 4.68. The van der Waals surface area contributed by atoms with Crippen LogP contribution in [0.4, 0.5) is 0 Å². The van der Waals surface area contributed by atoms with Gasteiger partial charge in [-0.1, -0.05) is 32.9 Å². The van der Waals surface area contributed by atoms with Crippen molar-refractivity contribution in [3.8, 4) is 5.75 Å². The third-order valence-corrected chi connectivity index (χ3v) is 4.36. The maximum atomic E-state index is 12.2. The molecule has 126 valence electrons. The Balaban J connectivity index is 2.03. The van der Waals surface area contributed by atoms with Gasteiger partial charge < -0.3 is 15.2 Å². The zero-order valence-electron chi connectivity index (χ0n) is 14.2. The highest BCUT2D eigenvalue weighted by Gasteiger charge is 2.46. The van der Waals surface area contributed by atoms with E-state index in [0.29, 0.717) is 18.6 Å². The number of nitrogens with one attached hydrogen (secondary N) is 1. The first-order chi connectivity index (χ1) is 10.6. The van der Waals surface area contributed by atoms with Gasteiger partial charge in [-0.2, -0.15) is 0 Å². The van der Waals surface area contributed by atoms with E-state index in [-0.39, 0.29) is 5.41 Å². The average molecular weight is 319 g/mol. The van der Waals surface area contributed by atoms with Crippen LogP contribution >= 0.6 is 0 Å². The number of hydrogen-bond donors (Lipinski definition) is 2.